The lowest BCUT2D eigenvalue weighted by atomic mass is 10.1. The average molecular weight is 356 g/mol. The summed E-state index contributed by atoms with van der Waals surface area (Å²) >= 11 is 3.64. The molecule has 1 rings (SSSR count). The van der Waals surface area contributed by atoms with Crippen LogP contribution in [0.25, 0.3) is 0 Å². The molecule has 0 heterocycles. The van der Waals surface area contributed by atoms with Crippen molar-refractivity contribution < 1.29 is 0 Å². The third-order valence-electron chi connectivity index (χ3n) is 4.02. The van der Waals surface area contributed by atoms with Crippen molar-refractivity contribution in [2.24, 2.45) is 5.73 Å². The fourth-order valence-corrected chi connectivity index (χ4v) is 3.30. The van der Waals surface area contributed by atoms with Crippen LogP contribution in [-0.4, -0.2) is 37.6 Å². The van der Waals surface area contributed by atoms with Gasteiger partial charge in [-0.1, -0.05) is 35.8 Å². The van der Waals surface area contributed by atoms with Gasteiger partial charge in [0.15, 0.2) is 0 Å². The van der Waals surface area contributed by atoms with E-state index in [1.807, 2.05) is 6.92 Å². The van der Waals surface area contributed by atoms with E-state index in [1.54, 1.807) is 0 Å². The molecule has 1 atom stereocenters. The van der Waals surface area contributed by atoms with Gasteiger partial charge < -0.3 is 15.5 Å². The predicted octanol–water partition coefficient (Wildman–Crippen LogP) is 4.03. The summed E-state index contributed by atoms with van der Waals surface area (Å²) in [6, 6.07) is 6.58. The van der Waals surface area contributed by atoms with Gasteiger partial charge in [-0.2, -0.15) is 0 Å². The van der Waals surface area contributed by atoms with Crippen LogP contribution in [0.2, 0.25) is 0 Å². The maximum absolute atomic E-state index is 5.97. The summed E-state index contributed by atoms with van der Waals surface area (Å²) in [5, 5.41) is 0. The van der Waals surface area contributed by atoms with E-state index in [0.717, 1.165) is 36.2 Å². The zero-order valence-corrected chi connectivity index (χ0v) is 15.5. The fraction of sp³-hybridized carbons (Fsp3) is 0.647. The Hall–Kier alpha value is -0.580. The molecule has 21 heavy (non-hydrogen) atoms. The van der Waals surface area contributed by atoms with E-state index in [9.17, 15) is 0 Å². The van der Waals surface area contributed by atoms with Crippen LogP contribution in [0, 0.1) is 0 Å². The van der Waals surface area contributed by atoms with Gasteiger partial charge in [0.25, 0.3) is 0 Å². The second-order valence-corrected chi connectivity index (χ2v) is 6.31. The summed E-state index contributed by atoms with van der Waals surface area (Å²) in [5.41, 5.74) is 8.40. The standard InChI is InChI=1S/C17H30BrN3/c1-5-20(6-2)11-8-12-21(7-3)15-9-10-16(14(4)19)17(18)13-15/h9-10,13-14H,5-8,11-12,19H2,1-4H3/t14-/m0/s1. The molecule has 0 bridgehead atoms. The van der Waals surface area contributed by atoms with Crippen molar-refractivity contribution >= 4 is 21.6 Å². The largest absolute Gasteiger partial charge is 0.372 e. The average Bonchev–Trinajstić information content (AvgIpc) is 2.47. The summed E-state index contributed by atoms with van der Waals surface area (Å²) in [7, 11) is 0. The molecule has 1 aromatic rings. The second kappa shape index (κ2) is 9.44. The van der Waals surface area contributed by atoms with Gasteiger partial charge in [0, 0.05) is 29.3 Å². The summed E-state index contributed by atoms with van der Waals surface area (Å²) < 4.78 is 1.11. The Kier molecular flexibility index (Phi) is 8.30. The van der Waals surface area contributed by atoms with Crippen LogP contribution in [0.15, 0.2) is 22.7 Å². The minimum Gasteiger partial charge on any atom is -0.372 e. The summed E-state index contributed by atoms with van der Waals surface area (Å²) in [5.74, 6) is 0. The molecule has 0 aromatic heterocycles. The molecule has 0 unspecified atom stereocenters. The molecule has 120 valence electrons. The predicted molar refractivity (Wildman–Crippen MR) is 97.0 cm³/mol. The molecule has 2 N–H and O–H groups in total. The number of anilines is 1. The van der Waals surface area contributed by atoms with Gasteiger partial charge in [-0.3, -0.25) is 0 Å². The van der Waals surface area contributed by atoms with Crippen LogP contribution in [0.4, 0.5) is 5.69 Å². The van der Waals surface area contributed by atoms with Crippen molar-refractivity contribution in [2.45, 2.75) is 40.2 Å². The van der Waals surface area contributed by atoms with E-state index in [2.05, 4.69) is 64.7 Å². The molecule has 1 aromatic carbocycles. The third-order valence-corrected chi connectivity index (χ3v) is 4.71. The fourth-order valence-electron chi connectivity index (χ4n) is 2.58. The number of nitrogens with two attached hydrogens (primary N) is 1. The van der Waals surface area contributed by atoms with Gasteiger partial charge >= 0.3 is 0 Å². The Morgan fingerprint density at radius 1 is 1.10 bits per heavy atom. The van der Waals surface area contributed by atoms with Crippen molar-refractivity contribution in [1.82, 2.24) is 4.90 Å². The molecule has 0 fully saturated rings. The number of hydrogen-bond donors (Lipinski definition) is 1. The van der Waals surface area contributed by atoms with Crippen LogP contribution in [0.3, 0.4) is 0 Å². The van der Waals surface area contributed by atoms with Gasteiger partial charge in [0.2, 0.25) is 0 Å². The summed E-state index contributed by atoms with van der Waals surface area (Å²) in [6.45, 7) is 14.2. The molecule has 0 saturated carbocycles. The maximum Gasteiger partial charge on any atom is 0.0377 e. The van der Waals surface area contributed by atoms with E-state index < -0.39 is 0 Å². The highest BCUT2D eigenvalue weighted by Gasteiger charge is 2.10. The topological polar surface area (TPSA) is 32.5 Å². The number of benzene rings is 1. The quantitative estimate of drug-likeness (QED) is 0.725. The number of rotatable bonds is 9. The van der Waals surface area contributed by atoms with Crippen LogP contribution >= 0.6 is 15.9 Å². The maximum atomic E-state index is 5.97. The van der Waals surface area contributed by atoms with Gasteiger partial charge in [-0.25, -0.2) is 0 Å². The highest BCUT2D eigenvalue weighted by Crippen LogP contribution is 2.27. The highest BCUT2D eigenvalue weighted by atomic mass is 79.9. The number of halogens is 1. The Balaban J connectivity index is 2.66. The smallest absolute Gasteiger partial charge is 0.0377 e. The molecular formula is C17H30BrN3. The first-order chi connectivity index (χ1) is 10.0. The first kappa shape index (κ1) is 18.5. The molecule has 0 aliphatic rings. The van der Waals surface area contributed by atoms with Crippen molar-refractivity contribution in [2.75, 3.05) is 37.6 Å². The minimum atomic E-state index is 0.0613. The SMILES string of the molecule is CCN(CC)CCCN(CC)c1ccc([C@H](C)N)c(Br)c1. The van der Waals surface area contributed by atoms with Crippen molar-refractivity contribution in [1.29, 1.82) is 0 Å². The molecule has 0 amide bonds. The normalized spacial score (nSPS) is 12.7. The number of hydrogen-bond acceptors (Lipinski definition) is 3. The molecule has 4 heteroatoms. The second-order valence-electron chi connectivity index (χ2n) is 5.45. The summed E-state index contributed by atoms with van der Waals surface area (Å²) in [4.78, 5) is 4.90. The highest BCUT2D eigenvalue weighted by molar-refractivity contribution is 9.10. The van der Waals surface area contributed by atoms with Crippen molar-refractivity contribution in [3.05, 3.63) is 28.2 Å². The van der Waals surface area contributed by atoms with E-state index in [1.165, 1.54) is 18.7 Å². The minimum absolute atomic E-state index is 0.0613. The number of nitrogens with zero attached hydrogens (tertiary/aromatic N) is 2. The Labute approximate surface area is 138 Å². The van der Waals surface area contributed by atoms with E-state index in [4.69, 9.17) is 5.73 Å². The van der Waals surface area contributed by atoms with E-state index in [-0.39, 0.29) is 6.04 Å². The van der Waals surface area contributed by atoms with Gasteiger partial charge in [0.1, 0.15) is 0 Å². The van der Waals surface area contributed by atoms with Crippen LogP contribution in [-0.2, 0) is 0 Å². The lowest BCUT2D eigenvalue weighted by molar-refractivity contribution is 0.301. The first-order valence-corrected chi connectivity index (χ1v) is 8.85. The van der Waals surface area contributed by atoms with Gasteiger partial charge in [0.05, 0.1) is 0 Å². The van der Waals surface area contributed by atoms with Gasteiger partial charge in [-0.05, 0) is 57.6 Å². The molecule has 0 spiro atoms. The van der Waals surface area contributed by atoms with E-state index >= 15 is 0 Å². The van der Waals surface area contributed by atoms with Crippen molar-refractivity contribution in [3.8, 4) is 0 Å². The van der Waals surface area contributed by atoms with E-state index in [0.29, 0.717) is 0 Å². The molecule has 0 saturated heterocycles. The van der Waals surface area contributed by atoms with Crippen LogP contribution < -0.4 is 10.6 Å². The monoisotopic (exact) mass is 355 g/mol. The third kappa shape index (κ3) is 5.61. The Morgan fingerprint density at radius 2 is 1.76 bits per heavy atom. The van der Waals surface area contributed by atoms with Crippen molar-refractivity contribution in [3.63, 3.8) is 0 Å². The molecule has 0 aliphatic carbocycles. The Bertz CT molecular complexity index is 416. The lowest BCUT2D eigenvalue weighted by Gasteiger charge is -2.26. The Morgan fingerprint density at radius 3 is 2.24 bits per heavy atom. The zero-order chi connectivity index (χ0) is 15.8. The zero-order valence-electron chi connectivity index (χ0n) is 13.9. The molecule has 0 aliphatic heterocycles. The van der Waals surface area contributed by atoms with Gasteiger partial charge in [-0.15, -0.1) is 0 Å². The molecular weight excluding hydrogens is 326 g/mol. The van der Waals surface area contributed by atoms with Crippen LogP contribution in [0.1, 0.15) is 45.7 Å². The first-order valence-electron chi connectivity index (χ1n) is 8.05. The summed E-state index contributed by atoms with van der Waals surface area (Å²) in [6.07, 6.45) is 1.20. The van der Waals surface area contributed by atoms with Crippen LogP contribution in [0.5, 0.6) is 0 Å². The lowest BCUT2D eigenvalue weighted by Crippen LogP contribution is -2.30. The molecule has 3 nitrogen and oxygen atoms in total. The molecule has 0 radical (unpaired) electrons.